The van der Waals surface area contributed by atoms with Crippen molar-refractivity contribution in [3.63, 3.8) is 0 Å². The molecule has 3 aromatic carbocycles. The smallest absolute Gasteiger partial charge is 0.265 e. The molecular formula is C29H27N7. The number of aromatic nitrogens is 5. The van der Waals surface area contributed by atoms with Crippen LogP contribution in [0.5, 0.6) is 0 Å². The fourth-order valence-electron chi connectivity index (χ4n) is 4.74. The maximum absolute atomic E-state index is 4.78. The van der Waals surface area contributed by atoms with Crippen molar-refractivity contribution in [1.29, 1.82) is 0 Å². The van der Waals surface area contributed by atoms with Crippen molar-refractivity contribution in [1.82, 2.24) is 24.3 Å². The molecule has 178 valence electrons. The van der Waals surface area contributed by atoms with Gasteiger partial charge in [-0.1, -0.05) is 80.1 Å². The summed E-state index contributed by atoms with van der Waals surface area (Å²) in [6.07, 6.45) is 6.14. The molecule has 0 spiro atoms. The molecule has 7 nitrogen and oxygen atoms in total. The van der Waals surface area contributed by atoms with Gasteiger partial charge in [0.15, 0.2) is 5.65 Å². The van der Waals surface area contributed by atoms with Crippen LogP contribution >= 0.6 is 0 Å². The molecule has 0 unspecified atom stereocenters. The Labute approximate surface area is 209 Å². The molecule has 0 aliphatic heterocycles. The van der Waals surface area contributed by atoms with Gasteiger partial charge < -0.3 is 9.13 Å². The van der Waals surface area contributed by atoms with Crippen molar-refractivity contribution in [3.05, 3.63) is 96.2 Å². The normalized spacial score (nSPS) is 11.8. The average molecular weight is 474 g/mol. The maximum atomic E-state index is 4.78. The van der Waals surface area contributed by atoms with Gasteiger partial charge in [-0.3, -0.25) is 0 Å². The van der Waals surface area contributed by atoms with Gasteiger partial charge in [-0.05, 0) is 24.1 Å². The number of hydrogen-bond donors (Lipinski definition) is 1. The Morgan fingerprint density at radius 1 is 0.861 bits per heavy atom. The van der Waals surface area contributed by atoms with Gasteiger partial charge in [0.05, 0.1) is 11.7 Å². The zero-order chi connectivity index (χ0) is 24.3. The fraction of sp³-hybridized carbons (Fsp3) is 0.172. The van der Waals surface area contributed by atoms with Crippen molar-refractivity contribution >= 4 is 45.1 Å². The Morgan fingerprint density at radius 2 is 1.61 bits per heavy atom. The number of anilines is 1. The summed E-state index contributed by atoms with van der Waals surface area (Å²) in [5.41, 5.74) is 9.24. The highest BCUT2D eigenvalue weighted by Crippen LogP contribution is 2.27. The average Bonchev–Trinajstić information content (AvgIpc) is 3.43. The fourth-order valence-corrected chi connectivity index (χ4v) is 4.74. The molecule has 0 saturated carbocycles. The van der Waals surface area contributed by atoms with Gasteiger partial charge in [-0.25, -0.2) is 5.43 Å². The molecule has 6 aromatic rings. The molecule has 1 N–H and O–H groups in total. The first-order chi connectivity index (χ1) is 17.8. The number of benzene rings is 3. The van der Waals surface area contributed by atoms with E-state index in [0.717, 1.165) is 58.9 Å². The third kappa shape index (κ3) is 4.09. The Bertz CT molecular complexity index is 1680. The van der Waals surface area contributed by atoms with Crippen molar-refractivity contribution < 1.29 is 0 Å². The summed E-state index contributed by atoms with van der Waals surface area (Å²) in [7, 11) is 0. The van der Waals surface area contributed by atoms with E-state index in [2.05, 4.69) is 110 Å². The van der Waals surface area contributed by atoms with E-state index in [4.69, 9.17) is 4.98 Å². The first-order valence-electron chi connectivity index (χ1n) is 12.3. The van der Waals surface area contributed by atoms with Gasteiger partial charge in [-0.15, -0.1) is 10.2 Å². The molecule has 36 heavy (non-hydrogen) atoms. The van der Waals surface area contributed by atoms with Gasteiger partial charge in [0.25, 0.3) is 5.95 Å². The van der Waals surface area contributed by atoms with E-state index in [1.165, 1.54) is 11.1 Å². The van der Waals surface area contributed by atoms with Crippen LogP contribution < -0.4 is 5.43 Å². The summed E-state index contributed by atoms with van der Waals surface area (Å²) in [5.74, 6) is 0.382. The third-order valence-electron chi connectivity index (χ3n) is 6.49. The number of hydrogen-bond acceptors (Lipinski definition) is 5. The lowest BCUT2D eigenvalue weighted by Gasteiger charge is -2.05. The summed E-state index contributed by atoms with van der Waals surface area (Å²) in [5, 5.41) is 15.5. The van der Waals surface area contributed by atoms with Gasteiger partial charge in [0.1, 0.15) is 5.52 Å². The number of unbranched alkanes of at least 4 members (excludes halogenated alkanes) is 1. The van der Waals surface area contributed by atoms with Crippen molar-refractivity contribution in [2.24, 2.45) is 5.10 Å². The van der Waals surface area contributed by atoms with Crippen LogP contribution in [0.1, 0.15) is 30.9 Å². The van der Waals surface area contributed by atoms with Crippen LogP contribution in [0, 0.1) is 0 Å². The molecule has 3 aromatic heterocycles. The Balaban J connectivity index is 1.30. The molecule has 0 fully saturated rings. The number of hydrazone groups is 1. The Hall–Kier alpha value is -4.52. The summed E-state index contributed by atoms with van der Waals surface area (Å²) >= 11 is 0. The second-order valence-corrected chi connectivity index (χ2v) is 8.92. The minimum atomic E-state index is 0.382. The number of rotatable bonds is 8. The molecule has 0 radical (unpaired) electrons. The van der Waals surface area contributed by atoms with E-state index in [0.29, 0.717) is 5.95 Å². The first-order valence-corrected chi connectivity index (χ1v) is 12.3. The number of fused-ring (bicyclic) bond motifs is 4. The molecule has 3 heterocycles. The molecular weight excluding hydrogens is 446 g/mol. The standard InChI is InChI=1S/C29H27N7/c1-2-3-17-36-26-16-10-8-14-24(26)27-28(36)31-29(34-32-27)33-30-18-22-20-35(19-21-11-5-4-6-12-21)25-15-9-7-13-23(22)25/h4-16,18,20H,2-3,17,19H2,1H3,(H,31,33,34)/b30-18+. The zero-order valence-electron chi connectivity index (χ0n) is 20.2. The predicted molar refractivity (Wildman–Crippen MR) is 146 cm³/mol. The highest BCUT2D eigenvalue weighted by molar-refractivity contribution is 6.04. The van der Waals surface area contributed by atoms with E-state index in [-0.39, 0.29) is 0 Å². The first kappa shape index (κ1) is 22.0. The van der Waals surface area contributed by atoms with Crippen molar-refractivity contribution in [3.8, 4) is 0 Å². The third-order valence-corrected chi connectivity index (χ3v) is 6.49. The van der Waals surface area contributed by atoms with Crippen LogP contribution in [-0.2, 0) is 13.1 Å². The molecule has 6 rings (SSSR count). The predicted octanol–water partition coefficient (Wildman–Crippen LogP) is 6.23. The quantitative estimate of drug-likeness (QED) is 0.210. The van der Waals surface area contributed by atoms with E-state index in [9.17, 15) is 0 Å². The highest BCUT2D eigenvalue weighted by Gasteiger charge is 2.14. The Morgan fingerprint density at radius 3 is 2.44 bits per heavy atom. The van der Waals surface area contributed by atoms with Crippen LogP contribution in [0.25, 0.3) is 33.0 Å². The number of aryl methyl sites for hydroxylation is 1. The minimum Gasteiger partial charge on any atom is -0.342 e. The van der Waals surface area contributed by atoms with E-state index >= 15 is 0 Å². The Kier molecular flexibility index (Phi) is 5.87. The van der Waals surface area contributed by atoms with Crippen LogP contribution in [0.4, 0.5) is 5.95 Å². The van der Waals surface area contributed by atoms with Gasteiger partial charge >= 0.3 is 0 Å². The van der Waals surface area contributed by atoms with Crippen molar-refractivity contribution in [2.75, 3.05) is 5.43 Å². The van der Waals surface area contributed by atoms with Gasteiger partial charge in [0, 0.05) is 41.1 Å². The molecule has 0 atom stereocenters. The highest BCUT2D eigenvalue weighted by atomic mass is 15.4. The zero-order valence-corrected chi connectivity index (χ0v) is 20.2. The van der Waals surface area contributed by atoms with E-state index in [1.807, 2.05) is 18.3 Å². The summed E-state index contributed by atoms with van der Waals surface area (Å²) < 4.78 is 4.48. The van der Waals surface area contributed by atoms with Crippen molar-refractivity contribution in [2.45, 2.75) is 32.9 Å². The van der Waals surface area contributed by atoms with Crippen LogP contribution in [-0.4, -0.2) is 30.5 Å². The van der Waals surface area contributed by atoms with Crippen LogP contribution in [0.15, 0.2) is 90.2 Å². The lowest BCUT2D eigenvalue weighted by Crippen LogP contribution is -2.03. The lowest BCUT2D eigenvalue weighted by atomic mass is 10.2. The SMILES string of the molecule is CCCCn1c2ccccc2c2nnc(N/N=C/c3cn(Cc4ccccc4)c4ccccc34)nc21. The summed E-state index contributed by atoms with van der Waals surface area (Å²) in [6.45, 7) is 3.89. The molecule has 0 bridgehead atoms. The van der Waals surface area contributed by atoms with Gasteiger partial charge in [-0.2, -0.15) is 10.1 Å². The molecule has 0 aliphatic carbocycles. The summed E-state index contributed by atoms with van der Waals surface area (Å²) in [4.78, 5) is 4.78. The largest absolute Gasteiger partial charge is 0.342 e. The number of nitrogens with one attached hydrogen (secondary N) is 1. The second-order valence-electron chi connectivity index (χ2n) is 8.92. The molecule has 0 aliphatic rings. The number of para-hydroxylation sites is 2. The topological polar surface area (TPSA) is 72.9 Å². The van der Waals surface area contributed by atoms with Crippen LogP contribution in [0.2, 0.25) is 0 Å². The minimum absolute atomic E-state index is 0.382. The lowest BCUT2D eigenvalue weighted by molar-refractivity contribution is 0.660. The number of nitrogens with zero attached hydrogens (tertiary/aromatic N) is 6. The maximum Gasteiger partial charge on any atom is 0.265 e. The summed E-state index contributed by atoms with van der Waals surface area (Å²) in [6, 6.07) is 27.1. The van der Waals surface area contributed by atoms with E-state index < -0.39 is 0 Å². The van der Waals surface area contributed by atoms with Gasteiger partial charge in [0.2, 0.25) is 0 Å². The van der Waals surface area contributed by atoms with Crippen LogP contribution in [0.3, 0.4) is 0 Å². The van der Waals surface area contributed by atoms with E-state index in [1.54, 1.807) is 0 Å². The molecule has 0 saturated heterocycles. The molecule has 7 heteroatoms. The second kappa shape index (κ2) is 9.62. The monoisotopic (exact) mass is 473 g/mol. The molecule has 0 amide bonds.